The molecular weight excluding hydrogens is 384 g/mol. The molecule has 3 rings (SSSR count). The Morgan fingerprint density at radius 3 is 2.76 bits per heavy atom. The predicted octanol–water partition coefficient (Wildman–Crippen LogP) is 2.58. The fourth-order valence-electron chi connectivity index (χ4n) is 1.65. The molecule has 25 heavy (non-hydrogen) atoms. The van der Waals surface area contributed by atoms with E-state index in [9.17, 15) is 9.59 Å². The van der Waals surface area contributed by atoms with Crippen molar-refractivity contribution in [3.05, 3.63) is 28.6 Å². The van der Waals surface area contributed by atoms with Gasteiger partial charge in [0.1, 0.15) is 5.76 Å². The third kappa shape index (κ3) is 4.84. The molecule has 0 saturated carbocycles. The van der Waals surface area contributed by atoms with Crippen LogP contribution in [0.25, 0.3) is 0 Å². The van der Waals surface area contributed by atoms with E-state index in [0.29, 0.717) is 20.4 Å². The normalized spacial score (nSPS) is 10.6. The summed E-state index contributed by atoms with van der Waals surface area (Å²) in [6.45, 7) is 3.56. The van der Waals surface area contributed by atoms with Crippen molar-refractivity contribution in [1.29, 1.82) is 0 Å². The van der Waals surface area contributed by atoms with Gasteiger partial charge in [0.05, 0.1) is 11.4 Å². The van der Waals surface area contributed by atoms with Crippen LogP contribution in [0.3, 0.4) is 0 Å². The Morgan fingerprint density at radius 1 is 1.24 bits per heavy atom. The quantitative estimate of drug-likeness (QED) is 0.481. The summed E-state index contributed by atoms with van der Waals surface area (Å²) in [5.41, 5.74) is 1.03. The Labute approximate surface area is 154 Å². The van der Waals surface area contributed by atoms with Crippen LogP contribution in [0.1, 0.15) is 21.9 Å². The Bertz CT molecular complexity index is 902. The molecule has 0 saturated heterocycles. The van der Waals surface area contributed by atoms with Crippen LogP contribution in [0.15, 0.2) is 20.3 Å². The summed E-state index contributed by atoms with van der Waals surface area (Å²) >= 11 is 3.77. The molecule has 2 N–H and O–H groups in total. The van der Waals surface area contributed by atoms with Crippen molar-refractivity contribution >= 4 is 56.5 Å². The summed E-state index contributed by atoms with van der Waals surface area (Å²) < 4.78 is 5.41. The number of thiazole rings is 1. The first-order valence-electron chi connectivity index (χ1n) is 6.92. The van der Waals surface area contributed by atoms with Crippen molar-refractivity contribution < 1.29 is 14.1 Å². The zero-order valence-corrected chi connectivity index (χ0v) is 15.5. The number of rotatable bonds is 6. The van der Waals surface area contributed by atoms with Crippen LogP contribution < -0.4 is 10.6 Å². The number of aryl methyl sites for hydroxylation is 2. The molecule has 130 valence electrons. The van der Waals surface area contributed by atoms with Crippen LogP contribution in [0.4, 0.5) is 10.3 Å². The van der Waals surface area contributed by atoms with Gasteiger partial charge in [0.2, 0.25) is 11.0 Å². The molecule has 3 heterocycles. The summed E-state index contributed by atoms with van der Waals surface area (Å²) in [7, 11) is 0. The number of nitrogens with zero attached hydrogens (tertiary/aromatic N) is 4. The average Bonchev–Trinajstić information content (AvgIpc) is 3.28. The van der Waals surface area contributed by atoms with Crippen molar-refractivity contribution in [2.75, 3.05) is 16.4 Å². The molecule has 0 unspecified atom stereocenters. The molecule has 2 amide bonds. The molecule has 12 heteroatoms. The van der Waals surface area contributed by atoms with E-state index in [2.05, 4.69) is 31.0 Å². The number of aromatic nitrogens is 4. The summed E-state index contributed by atoms with van der Waals surface area (Å²) in [4.78, 5) is 28.0. The first-order chi connectivity index (χ1) is 12.0. The summed E-state index contributed by atoms with van der Waals surface area (Å²) in [6.07, 6.45) is 0. The highest BCUT2D eigenvalue weighted by Gasteiger charge is 2.15. The summed E-state index contributed by atoms with van der Waals surface area (Å²) in [6, 6.07) is 1.52. The Kier molecular flexibility index (Phi) is 5.40. The second-order valence-corrected chi connectivity index (χ2v) is 7.84. The van der Waals surface area contributed by atoms with Crippen molar-refractivity contribution in [3.63, 3.8) is 0 Å². The van der Waals surface area contributed by atoms with Crippen molar-refractivity contribution in [3.8, 4) is 0 Å². The molecule has 0 bridgehead atoms. The highest BCUT2D eigenvalue weighted by molar-refractivity contribution is 8.01. The number of anilines is 2. The minimum atomic E-state index is -0.429. The largest absolute Gasteiger partial charge is 0.361 e. The third-order valence-electron chi connectivity index (χ3n) is 2.68. The lowest BCUT2D eigenvalue weighted by molar-refractivity contribution is -0.113. The smallest absolute Gasteiger partial charge is 0.279 e. The first kappa shape index (κ1) is 17.5. The van der Waals surface area contributed by atoms with Crippen LogP contribution in [0.5, 0.6) is 0 Å². The van der Waals surface area contributed by atoms with Gasteiger partial charge in [0, 0.05) is 11.4 Å². The topological polar surface area (TPSA) is 123 Å². The van der Waals surface area contributed by atoms with Gasteiger partial charge in [0.25, 0.3) is 5.91 Å². The van der Waals surface area contributed by atoms with Crippen LogP contribution in [-0.2, 0) is 4.79 Å². The van der Waals surface area contributed by atoms with E-state index in [1.54, 1.807) is 6.92 Å². The number of carbonyl (C=O) groups is 2. The second-order valence-electron chi connectivity index (χ2n) is 4.78. The lowest BCUT2D eigenvalue weighted by Crippen LogP contribution is -2.13. The highest BCUT2D eigenvalue weighted by atomic mass is 32.2. The van der Waals surface area contributed by atoms with Gasteiger partial charge in [-0.25, -0.2) is 4.98 Å². The van der Waals surface area contributed by atoms with Gasteiger partial charge < -0.3 is 9.84 Å². The van der Waals surface area contributed by atoms with Crippen molar-refractivity contribution in [1.82, 2.24) is 20.3 Å². The first-order valence-corrected chi connectivity index (χ1v) is 9.61. The summed E-state index contributed by atoms with van der Waals surface area (Å²) in [5.74, 6) is 0.101. The molecule has 3 aromatic rings. The van der Waals surface area contributed by atoms with Gasteiger partial charge in [-0.05, 0) is 13.8 Å². The molecule has 0 fully saturated rings. The minimum Gasteiger partial charge on any atom is -0.361 e. The number of thioether (sulfide) groups is 1. The van der Waals surface area contributed by atoms with E-state index in [1.807, 2.05) is 12.3 Å². The number of amides is 2. The van der Waals surface area contributed by atoms with E-state index in [0.717, 1.165) is 5.69 Å². The molecule has 0 aliphatic rings. The zero-order chi connectivity index (χ0) is 17.8. The molecule has 0 radical (unpaired) electrons. The van der Waals surface area contributed by atoms with Crippen LogP contribution >= 0.6 is 34.4 Å². The molecule has 0 aliphatic carbocycles. The van der Waals surface area contributed by atoms with Gasteiger partial charge in [-0.1, -0.05) is 28.3 Å². The second kappa shape index (κ2) is 7.72. The predicted molar refractivity (Wildman–Crippen MR) is 95.3 cm³/mol. The summed E-state index contributed by atoms with van der Waals surface area (Å²) in [5, 5.41) is 19.5. The van der Waals surface area contributed by atoms with Crippen molar-refractivity contribution in [2.24, 2.45) is 0 Å². The molecule has 0 atom stereocenters. The fourth-order valence-corrected chi connectivity index (χ4v) is 3.90. The van der Waals surface area contributed by atoms with E-state index in [4.69, 9.17) is 4.52 Å². The van der Waals surface area contributed by atoms with Crippen molar-refractivity contribution in [2.45, 2.75) is 18.2 Å². The number of nitrogens with one attached hydrogen (secondary N) is 2. The molecule has 0 aliphatic heterocycles. The van der Waals surface area contributed by atoms with Gasteiger partial charge in [-0.2, -0.15) is 0 Å². The van der Waals surface area contributed by atoms with E-state index >= 15 is 0 Å². The van der Waals surface area contributed by atoms with E-state index < -0.39 is 5.91 Å². The maximum absolute atomic E-state index is 11.9. The highest BCUT2D eigenvalue weighted by Crippen LogP contribution is 2.26. The molecular formula is C13H12N6O3S3. The lowest BCUT2D eigenvalue weighted by atomic mass is 10.4. The standard InChI is InChI=1S/C13H12N6O3S3/c1-6-4-23-11(14-6)15-9(20)5-24-13-18-17-12(25-13)16-10(21)8-3-7(2)22-19-8/h3-4H,5H2,1-2H3,(H,14,15,20)(H,16,17,21). The van der Waals surface area contributed by atoms with Gasteiger partial charge in [-0.3, -0.25) is 14.9 Å². The maximum Gasteiger partial charge on any atom is 0.279 e. The molecule has 0 spiro atoms. The van der Waals surface area contributed by atoms with Gasteiger partial charge >= 0.3 is 0 Å². The Hall–Kier alpha value is -2.31. The lowest BCUT2D eigenvalue weighted by Gasteiger charge is -1.99. The number of carbonyl (C=O) groups excluding carboxylic acids is 2. The van der Waals surface area contributed by atoms with Crippen LogP contribution in [0, 0.1) is 13.8 Å². The number of hydrogen-bond acceptors (Lipinski definition) is 10. The average molecular weight is 396 g/mol. The maximum atomic E-state index is 11.9. The number of hydrogen-bond donors (Lipinski definition) is 2. The van der Waals surface area contributed by atoms with Gasteiger partial charge in [0.15, 0.2) is 15.2 Å². The molecule has 3 aromatic heterocycles. The SMILES string of the molecule is Cc1csc(NC(=O)CSc2nnc(NC(=O)c3cc(C)on3)s2)n1. The molecule has 9 nitrogen and oxygen atoms in total. The Morgan fingerprint density at radius 2 is 2.08 bits per heavy atom. The monoisotopic (exact) mass is 396 g/mol. The van der Waals surface area contributed by atoms with Crippen LogP contribution in [0.2, 0.25) is 0 Å². The van der Waals surface area contributed by atoms with Gasteiger partial charge in [-0.15, -0.1) is 21.5 Å². The minimum absolute atomic E-state index is 0.167. The zero-order valence-electron chi connectivity index (χ0n) is 13.1. The molecule has 0 aromatic carbocycles. The van der Waals surface area contributed by atoms with Crippen LogP contribution in [-0.4, -0.2) is 37.9 Å². The Balaban J connectivity index is 1.49. The van der Waals surface area contributed by atoms with E-state index in [-0.39, 0.29) is 17.4 Å². The third-order valence-corrected chi connectivity index (χ3v) is 5.53. The van der Waals surface area contributed by atoms with E-state index in [1.165, 1.54) is 40.5 Å². The fraction of sp³-hybridized carbons (Fsp3) is 0.231.